The molecule has 3 aliphatic rings. The van der Waals surface area contributed by atoms with E-state index in [4.69, 9.17) is 4.84 Å². The number of hydroxylamine groups is 2. The maximum atomic E-state index is 11.6. The summed E-state index contributed by atoms with van der Waals surface area (Å²) in [6.45, 7) is 2.44. The van der Waals surface area contributed by atoms with Crippen LogP contribution in [-0.4, -0.2) is 36.2 Å². The van der Waals surface area contributed by atoms with Gasteiger partial charge in [-0.05, 0) is 12.8 Å². The largest absolute Gasteiger partial charge is 0.354 e. The van der Waals surface area contributed by atoms with Crippen molar-refractivity contribution in [2.24, 2.45) is 5.92 Å². The Bertz CT molecular complexity index is 235. The summed E-state index contributed by atoms with van der Waals surface area (Å²) in [6.07, 6.45) is 2.06. The van der Waals surface area contributed by atoms with Crippen molar-refractivity contribution in [3.63, 3.8) is 0 Å². The third-order valence-corrected chi connectivity index (χ3v) is 3.37. The molecule has 0 bridgehead atoms. The van der Waals surface area contributed by atoms with E-state index < -0.39 is 0 Å². The first-order chi connectivity index (χ1) is 5.84. The Balaban J connectivity index is 2.06. The molecular formula is C8H12N2O2. The minimum atomic E-state index is -0.264. The Morgan fingerprint density at radius 1 is 1.67 bits per heavy atom. The van der Waals surface area contributed by atoms with Gasteiger partial charge in [0, 0.05) is 19.0 Å². The summed E-state index contributed by atoms with van der Waals surface area (Å²) in [6, 6.07) is 0. The second kappa shape index (κ2) is 2.00. The van der Waals surface area contributed by atoms with E-state index in [1.807, 2.05) is 5.06 Å². The van der Waals surface area contributed by atoms with Gasteiger partial charge in [0.05, 0.1) is 6.61 Å². The normalized spacial score (nSPS) is 46.0. The molecule has 1 amide bonds. The van der Waals surface area contributed by atoms with Gasteiger partial charge in [-0.15, -0.1) is 0 Å². The number of hydrogen-bond donors (Lipinski definition) is 1. The molecule has 66 valence electrons. The standard InChI is InChI=1S/C8H12N2O2/c11-7-8-2-1-3-10(8)12-5-6(8)4-9-7/h6H,1-5H2,(H,9,11)/t6-,8+/m0/s1. The van der Waals surface area contributed by atoms with Crippen LogP contribution in [0.4, 0.5) is 0 Å². The van der Waals surface area contributed by atoms with Gasteiger partial charge in [0.15, 0.2) is 0 Å². The lowest BCUT2D eigenvalue weighted by Crippen LogP contribution is -2.47. The van der Waals surface area contributed by atoms with Crippen LogP contribution in [0.5, 0.6) is 0 Å². The Morgan fingerprint density at radius 3 is 3.50 bits per heavy atom. The predicted molar refractivity (Wildman–Crippen MR) is 41.1 cm³/mol. The summed E-state index contributed by atoms with van der Waals surface area (Å²) >= 11 is 0. The van der Waals surface area contributed by atoms with Crippen LogP contribution in [0.25, 0.3) is 0 Å². The molecule has 3 aliphatic heterocycles. The molecule has 4 nitrogen and oxygen atoms in total. The monoisotopic (exact) mass is 168 g/mol. The van der Waals surface area contributed by atoms with E-state index in [-0.39, 0.29) is 11.4 Å². The fourth-order valence-corrected chi connectivity index (χ4v) is 2.73. The molecule has 1 spiro atoms. The lowest BCUT2D eigenvalue weighted by molar-refractivity contribution is -0.160. The second-order valence-electron chi connectivity index (χ2n) is 3.83. The summed E-state index contributed by atoms with van der Waals surface area (Å²) in [4.78, 5) is 17.1. The van der Waals surface area contributed by atoms with Crippen molar-refractivity contribution in [2.75, 3.05) is 19.7 Å². The number of amides is 1. The zero-order chi connectivity index (χ0) is 8.18. The molecular weight excluding hydrogens is 156 g/mol. The molecule has 3 fully saturated rings. The number of nitrogens with zero attached hydrogens (tertiary/aromatic N) is 1. The molecule has 0 aliphatic carbocycles. The van der Waals surface area contributed by atoms with E-state index >= 15 is 0 Å². The topological polar surface area (TPSA) is 41.6 Å². The van der Waals surface area contributed by atoms with Gasteiger partial charge in [0.25, 0.3) is 0 Å². The van der Waals surface area contributed by atoms with Gasteiger partial charge in [-0.2, -0.15) is 5.06 Å². The molecule has 4 heteroatoms. The highest BCUT2D eigenvalue weighted by atomic mass is 16.7. The van der Waals surface area contributed by atoms with Crippen LogP contribution in [0, 0.1) is 5.92 Å². The van der Waals surface area contributed by atoms with E-state index in [2.05, 4.69) is 5.32 Å². The van der Waals surface area contributed by atoms with Gasteiger partial charge >= 0.3 is 0 Å². The highest BCUT2D eigenvalue weighted by Crippen LogP contribution is 2.43. The Kier molecular flexibility index (Phi) is 1.14. The summed E-state index contributed by atoms with van der Waals surface area (Å²) in [5.41, 5.74) is -0.264. The molecule has 0 aromatic carbocycles. The molecule has 1 N–H and O–H groups in total. The minimum absolute atomic E-state index is 0.183. The molecule has 3 saturated heterocycles. The Morgan fingerprint density at radius 2 is 2.58 bits per heavy atom. The fourth-order valence-electron chi connectivity index (χ4n) is 2.73. The summed E-state index contributed by atoms with van der Waals surface area (Å²) in [5, 5.41) is 4.83. The van der Waals surface area contributed by atoms with Crippen LogP contribution < -0.4 is 5.32 Å². The smallest absolute Gasteiger partial charge is 0.243 e. The lowest BCUT2D eigenvalue weighted by atomic mass is 9.86. The van der Waals surface area contributed by atoms with Crippen LogP contribution in [0.2, 0.25) is 0 Å². The first-order valence-electron chi connectivity index (χ1n) is 4.53. The number of hydrogen-bond acceptors (Lipinski definition) is 3. The Labute approximate surface area is 70.8 Å². The van der Waals surface area contributed by atoms with Gasteiger partial charge in [-0.25, -0.2) is 0 Å². The second-order valence-corrected chi connectivity index (χ2v) is 3.83. The van der Waals surface area contributed by atoms with Crippen LogP contribution in [0.1, 0.15) is 12.8 Å². The average molecular weight is 168 g/mol. The van der Waals surface area contributed by atoms with Crippen molar-refractivity contribution in [3.8, 4) is 0 Å². The fraction of sp³-hybridized carbons (Fsp3) is 0.875. The zero-order valence-corrected chi connectivity index (χ0v) is 6.88. The lowest BCUT2D eigenvalue weighted by Gasteiger charge is -2.25. The van der Waals surface area contributed by atoms with Crippen LogP contribution >= 0.6 is 0 Å². The van der Waals surface area contributed by atoms with Gasteiger partial charge in [-0.1, -0.05) is 0 Å². The molecule has 0 aromatic heterocycles. The van der Waals surface area contributed by atoms with E-state index in [0.717, 1.165) is 32.5 Å². The molecule has 0 unspecified atom stereocenters. The van der Waals surface area contributed by atoms with Gasteiger partial charge < -0.3 is 5.32 Å². The van der Waals surface area contributed by atoms with E-state index in [1.165, 1.54) is 0 Å². The predicted octanol–water partition coefficient (Wildman–Crippen LogP) is -0.488. The van der Waals surface area contributed by atoms with Crippen molar-refractivity contribution < 1.29 is 9.63 Å². The van der Waals surface area contributed by atoms with Crippen molar-refractivity contribution >= 4 is 5.91 Å². The van der Waals surface area contributed by atoms with Crippen molar-refractivity contribution in [1.82, 2.24) is 10.4 Å². The van der Waals surface area contributed by atoms with Crippen molar-refractivity contribution in [2.45, 2.75) is 18.4 Å². The SMILES string of the molecule is O=C1NC[C@H]2CON3CCC[C@]123. The first-order valence-corrected chi connectivity index (χ1v) is 4.53. The highest BCUT2D eigenvalue weighted by Gasteiger charge is 2.61. The third-order valence-electron chi connectivity index (χ3n) is 3.37. The van der Waals surface area contributed by atoms with Crippen LogP contribution in [0.3, 0.4) is 0 Å². The first kappa shape index (κ1) is 6.86. The maximum Gasteiger partial charge on any atom is 0.243 e. The molecule has 0 saturated carbocycles. The molecule has 0 radical (unpaired) electrons. The number of rotatable bonds is 0. The molecule has 2 atom stereocenters. The zero-order valence-electron chi connectivity index (χ0n) is 6.88. The van der Waals surface area contributed by atoms with E-state index in [9.17, 15) is 4.79 Å². The van der Waals surface area contributed by atoms with Crippen LogP contribution in [-0.2, 0) is 9.63 Å². The van der Waals surface area contributed by atoms with Crippen molar-refractivity contribution in [1.29, 1.82) is 0 Å². The molecule has 0 aromatic rings. The average Bonchev–Trinajstić information content (AvgIpc) is 2.63. The minimum Gasteiger partial charge on any atom is -0.354 e. The molecule has 3 heterocycles. The molecule has 12 heavy (non-hydrogen) atoms. The maximum absolute atomic E-state index is 11.6. The number of carbonyl (C=O) groups excluding carboxylic acids is 1. The molecule has 3 rings (SSSR count). The number of carbonyl (C=O) groups is 1. The Hall–Kier alpha value is -0.610. The third kappa shape index (κ3) is 0.559. The van der Waals surface area contributed by atoms with Crippen LogP contribution in [0.15, 0.2) is 0 Å². The number of nitrogens with one attached hydrogen (secondary N) is 1. The quantitative estimate of drug-likeness (QED) is 0.531. The summed E-state index contributed by atoms with van der Waals surface area (Å²) < 4.78 is 0. The van der Waals surface area contributed by atoms with Gasteiger partial charge in [-0.3, -0.25) is 9.63 Å². The highest BCUT2D eigenvalue weighted by molar-refractivity contribution is 5.89. The summed E-state index contributed by atoms with van der Waals surface area (Å²) in [7, 11) is 0. The van der Waals surface area contributed by atoms with Gasteiger partial charge in [0.1, 0.15) is 5.54 Å². The van der Waals surface area contributed by atoms with E-state index in [1.54, 1.807) is 0 Å². The van der Waals surface area contributed by atoms with Gasteiger partial charge in [0.2, 0.25) is 5.91 Å². The van der Waals surface area contributed by atoms with E-state index in [0.29, 0.717) is 5.92 Å². The van der Waals surface area contributed by atoms with Crippen molar-refractivity contribution in [3.05, 3.63) is 0 Å². The summed E-state index contributed by atoms with van der Waals surface area (Å²) in [5.74, 6) is 0.579.